The van der Waals surface area contributed by atoms with Crippen LogP contribution in [0, 0.1) is 0 Å². The molecule has 2 aromatic carbocycles. The fraction of sp³-hybridized carbons (Fsp3) is 0.583. The summed E-state index contributed by atoms with van der Waals surface area (Å²) in [6.45, 7) is 8.23. The number of hydrogen-bond donors (Lipinski definition) is 0. The summed E-state index contributed by atoms with van der Waals surface area (Å²) in [4.78, 5) is 0. The zero-order valence-corrected chi connectivity index (χ0v) is 24.8. The Morgan fingerprint density at radius 1 is 0.684 bits per heavy atom. The van der Waals surface area contributed by atoms with Gasteiger partial charge in [0.15, 0.2) is 0 Å². The zero-order valence-electron chi connectivity index (χ0n) is 24.8. The van der Waals surface area contributed by atoms with Crippen LogP contribution in [0.3, 0.4) is 0 Å². The van der Waals surface area contributed by atoms with Crippen molar-refractivity contribution in [3.8, 4) is 0 Å². The SMILES string of the molecule is CCCCCCCCCCCCCCCC[n+]1ccn(C(C)C(C)(Cc2ccccc2)c2ccccc2)c1. The van der Waals surface area contributed by atoms with Crippen LogP contribution in [0.5, 0.6) is 0 Å². The van der Waals surface area contributed by atoms with Crippen molar-refractivity contribution in [2.24, 2.45) is 0 Å². The molecule has 1 heterocycles. The van der Waals surface area contributed by atoms with Crippen molar-refractivity contribution in [3.63, 3.8) is 0 Å². The quantitative estimate of drug-likeness (QED) is 0.105. The van der Waals surface area contributed by atoms with E-state index in [0.29, 0.717) is 6.04 Å². The zero-order chi connectivity index (χ0) is 26.9. The van der Waals surface area contributed by atoms with Crippen molar-refractivity contribution in [3.05, 3.63) is 90.5 Å². The van der Waals surface area contributed by atoms with Crippen LogP contribution in [0.15, 0.2) is 79.4 Å². The molecule has 0 amide bonds. The monoisotopic (exact) mass is 515 g/mol. The van der Waals surface area contributed by atoms with E-state index < -0.39 is 0 Å². The second-order valence-electron chi connectivity index (χ2n) is 11.8. The topological polar surface area (TPSA) is 8.81 Å². The molecule has 208 valence electrons. The molecule has 0 aliphatic carbocycles. The number of aromatic nitrogens is 2. The molecule has 0 aliphatic rings. The maximum absolute atomic E-state index is 2.43. The van der Waals surface area contributed by atoms with Crippen LogP contribution >= 0.6 is 0 Å². The first-order chi connectivity index (χ1) is 18.6. The molecule has 0 aliphatic heterocycles. The van der Waals surface area contributed by atoms with Crippen LogP contribution in [0.1, 0.15) is 128 Å². The molecule has 0 N–H and O–H groups in total. The van der Waals surface area contributed by atoms with E-state index in [1.807, 2.05) is 0 Å². The van der Waals surface area contributed by atoms with Gasteiger partial charge in [0.25, 0.3) is 0 Å². The van der Waals surface area contributed by atoms with E-state index >= 15 is 0 Å². The lowest BCUT2D eigenvalue weighted by Crippen LogP contribution is -2.36. The number of hydrogen-bond acceptors (Lipinski definition) is 0. The van der Waals surface area contributed by atoms with E-state index in [2.05, 4.69) is 109 Å². The molecule has 38 heavy (non-hydrogen) atoms. The lowest BCUT2D eigenvalue weighted by atomic mass is 9.72. The second-order valence-corrected chi connectivity index (χ2v) is 11.8. The van der Waals surface area contributed by atoms with Crippen LogP contribution in [-0.4, -0.2) is 4.57 Å². The summed E-state index contributed by atoms with van der Waals surface area (Å²) in [6.07, 6.45) is 27.7. The molecule has 3 rings (SSSR count). The Bertz CT molecular complexity index is 977. The third kappa shape index (κ3) is 10.1. The summed E-state index contributed by atoms with van der Waals surface area (Å²) in [5.74, 6) is 0. The number of aryl methyl sites for hydroxylation is 1. The first-order valence-corrected chi connectivity index (χ1v) is 15.8. The molecule has 2 nitrogen and oxygen atoms in total. The van der Waals surface area contributed by atoms with Gasteiger partial charge in [-0.15, -0.1) is 0 Å². The van der Waals surface area contributed by atoms with Crippen LogP contribution in [0.4, 0.5) is 0 Å². The number of rotatable bonds is 20. The minimum Gasteiger partial charge on any atom is -0.237 e. The largest absolute Gasteiger partial charge is 0.243 e. The van der Waals surface area contributed by atoms with E-state index in [9.17, 15) is 0 Å². The standard InChI is InChI=1S/C36H55N2/c1-4-5-6-7-8-9-10-11-12-13-14-15-16-23-28-37-29-30-38(32-37)33(2)36(3,35-26-21-18-22-27-35)31-34-24-19-17-20-25-34/h17-22,24-27,29-30,32-33H,4-16,23,28,31H2,1-3H3/q+1. The van der Waals surface area contributed by atoms with Gasteiger partial charge in [-0.05, 0) is 37.3 Å². The normalized spacial score (nSPS) is 13.9. The molecule has 0 fully saturated rings. The number of nitrogens with zero attached hydrogens (tertiary/aromatic N) is 2. The molecule has 3 aromatic rings. The maximum atomic E-state index is 2.43. The molecule has 0 saturated carbocycles. The van der Waals surface area contributed by atoms with Gasteiger partial charge in [-0.1, -0.05) is 152 Å². The van der Waals surface area contributed by atoms with E-state index in [1.165, 1.54) is 101 Å². The molecule has 0 spiro atoms. The highest BCUT2D eigenvalue weighted by atomic mass is 15.1. The third-order valence-electron chi connectivity index (χ3n) is 8.70. The summed E-state index contributed by atoms with van der Waals surface area (Å²) < 4.78 is 4.82. The molecule has 0 saturated heterocycles. The Hall–Kier alpha value is -2.35. The van der Waals surface area contributed by atoms with Crippen LogP contribution in [0.25, 0.3) is 0 Å². The number of benzene rings is 2. The fourth-order valence-electron chi connectivity index (χ4n) is 5.92. The van der Waals surface area contributed by atoms with E-state index in [0.717, 1.165) is 13.0 Å². The van der Waals surface area contributed by atoms with Crippen molar-refractivity contribution in [1.29, 1.82) is 0 Å². The van der Waals surface area contributed by atoms with Gasteiger partial charge in [0.05, 0.1) is 6.54 Å². The van der Waals surface area contributed by atoms with Crippen molar-refractivity contribution in [2.45, 2.75) is 135 Å². The van der Waals surface area contributed by atoms with Crippen LogP contribution in [0.2, 0.25) is 0 Å². The van der Waals surface area contributed by atoms with Gasteiger partial charge in [0.1, 0.15) is 18.4 Å². The summed E-state index contributed by atoms with van der Waals surface area (Å²) >= 11 is 0. The van der Waals surface area contributed by atoms with E-state index in [1.54, 1.807) is 0 Å². The summed E-state index contributed by atoms with van der Waals surface area (Å²) in [5.41, 5.74) is 2.81. The van der Waals surface area contributed by atoms with Gasteiger partial charge >= 0.3 is 0 Å². The van der Waals surface area contributed by atoms with Crippen LogP contribution < -0.4 is 4.57 Å². The third-order valence-corrected chi connectivity index (χ3v) is 8.70. The number of imidazole rings is 1. The average Bonchev–Trinajstić information content (AvgIpc) is 3.42. The fourth-order valence-corrected chi connectivity index (χ4v) is 5.92. The van der Waals surface area contributed by atoms with Gasteiger partial charge in [-0.2, -0.15) is 0 Å². The Morgan fingerprint density at radius 3 is 1.74 bits per heavy atom. The highest BCUT2D eigenvalue weighted by molar-refractivity contribution is 5.30. The minimum absolute atomic E-state index is 0.00845. The second kappa shape index (κ2) is 17.3. The molecule has 2 heteroatoms. The molecular formula is C36H55N2+. The molecular weight excluding hydrogens is 460 g/mol. The predicted octanol–water partition coefficient (Wildman–Crippen LogP) is 10.0. The van der Waals surface area contributed by atoms with Crippen molar-refractivity contribution < 1.29 is 4.57 Å². The maximum Gasteiger partial charge on any atom is 0.243 e. The van der Waals surface area contributed by atoms with E-state index in [-0.39, 0.29) is 5.41 Å². The Kier molecular flexibility index (Phi) is 13.7. The first kappa shape index (κ1) is 30.2. The van der Waals surface area contributed by atoms with Gasteiger partial charge in [0, 0.05) is 5.41 Å². The number of unbranched alkanes of at least 4 members (excludes halogenated alkanes) is 13. The molecule has 2 unspecified atom stereocenters. The molecule has 1 aromatic heterocycles. The Morgan fingerprint density at radius 2 is 1.18 bits per heavy atom. The van der Waals surface area contributed by atoms with Gasteiger partial charge in [-0.25, -0.2) is 9.13 Å². The average molecular weight is 516 g/mol. The summed E-state index contributed by atoms with van der Waals surface area (Å²) in [6, 6.07) is 22.4. The lowest BCUT2D eigenvalue weighted by molar-refractivity contribution is -0.697. The lowest BCUT2D eigenvalue weighted by Gasteiger charge is -2.34. The van der Waals surface area contributed by atoms with Crippen molar-refractivity contribution >= 4 is 0 Å². The minimum atomic E-state index is 0.00845. The van der Waals surface area contributed by atoms with Crippen molar-refractivity contribution in [2.75, 3.05) is 0 Å². The molecule has 2 atom stereocenters. The molecule has 0 radical (unpaired) electrons. The summed E-state index contributed by atoms with van der Waals surface area (Å²) in [5, 5.41) is 0. The first-order valence-electron chi connectivity index (χ1n) is 15.8. The van der Waals surface area contributed by atoms with Crippen LogP contribution in [-0.2, 0) is 18.4 Å². The van der Waals surface area contributed by atoms with Crippen molar-refractivity contribution in [1.82, 2.24) is 4.57 Å². The Labute approximate surface area is 234 Å². The Balaban J connectivity index is 1.38. The summed E-state index contributed by atoms with van der Waals surface area (Å²) in [7, 11) is 0. The predicted molar refractivity (Wildman–Crippen MR) is 164 cm³/mol. The van der Waals surface area contributed by atoms with E-state index in [4.69, 9.17) is 0 Å². The highest BCUT2D eigenvalue weighted by Gasteiger charge is 2.37. The smallest absolute Gasteiger partial charge is 0.237 e. The van der Waals surface area contributed by atoms with Gasteiger partial charge in [0.2, 0.25) is 6.33 Å². The van der Waals surface area contributed by atoms with Gasteiger partial charge < -0.3 is 0 Å². The highest BCUT2D eigenvalue weighted by Crippen LogP contribution is 2.38. The molecule has 0 bridgehead atoms. The van der Waals surface area contributed by atoms with Gasteiger partial charge in [-0.3, -0.25) is 0 Å².